The van der Waals surface area contributed by atoms with Gasteiger partial charge in [0, 0.05) is 6.42 Å². The summed E-state index contributed by atoms with van der Waals surface area (Å²) >= 11 is 0. The van der Waals surface area contributed by atoms with Crippen molar-refractivity contribution in [3.05, 3.63) is 23.3 Å². The van der Waals surface area contributed by atoms with Crippen LogP contribution >= 0.6 is 0 Å². The molecule has 0 bridgehead atoms. The molecule has 0 aromatic carbocycles. The average molecular weight is 251 g/mol. The fourth-order valence-electron chi connectivity index (χ4n) is 2.43. The van der Waals surface area contributed by atoms with Crippen LogP contribution in [0.1, 0.15) is 54.4 Å². The summed E-state index contributed by atoms with van der Waals surface area (Å²) in [5.74, 6) is 0. The van der Waals surface area contributed by atoms with Gasteiger partial charge in [-0.2, -0.15) is 0 Å². The lowest BCUT2D eigenvalue weighted by Crippen LogP contribution is -2.44. The van der Waals surface area contributed by atoms with Crippen LogP contribution in [0.2, 0.25) is 0 Å². The average Bonchev–Trinajstić information content (AvgIpc) is 2.18. The van der Waals surface area contributed by atoms with Crippen molar-refractivity contribution in [3.8, 4) is 0 Å². The molecule has 0 aliphatic heterocycles. The molecule has 18 heavy (non-hydrogen) atoms. The van der Waals surface area contributed by atoms with Crippen molar-refractivity contribution in [2.45, 2.75) is 60.0 Å². The van der Waals surface area contributed by atoms with E-state index < -0.39 is 5.60 Å². The Morgan fingerprint density at radius 2 is 1.78 bits per heavy atom. The summed E-state index contributed by atoms with van der Waals surface area (Å²) < 4.78 is 0. The Kier molecular flexibility index (Phi) is 4.14. The summed E-state index contributed by atoms with van der Waals surface area (Å²) in [4.78, 5) is 0. The molecule has 0 amide bonds. The molecule has 0 saturated carbocycles. The molecule has 2 nitrogen and oxygen atoms in total. The Labute approximate surface area is 112 Å². The second-order valence-electron chi connectivity index (χ2n) is 7.48. The maximum absolute atomic E-state index is 10.9. The first-order chi connectivity index (χ1) is 8.01. The highest BCUT2D eigenvalue weighted by molar-refractivity contribution is 5.38. The fraction of sp³-hybridized carbons (Fsp3) is 0.750. The standard InChI is InChI=1S/C16H29NO/c1-14(2,3)13-11-16(18,15(4,5)6)9-7-12(13)8-10-17/h7,9,18H,8,10-11,17H2,1-6H3. The highest BCUT2D eigenvalue weighted by atomic mass is 16.3. The van der Waals surface area contributed by atoms with Gasteiger partial charge in [-0.15, -0.1) is 0 Å². The number of nitrogens with two attached hydrogens (primary N) is 1. The summed E-state index contributed by atoms with van der Waals surface area (Å²) in [6.07, 6.45) is 5.66. The largest absolute Gasteiger partial charge is 0.385 e. The van der Waals surface area contributed by atoms with E-state index >= 15 is 0 Å². The third-order valence-corrected chi connectivity index (χ3v) is 4.01. The molecule has 0 aromatic heterocycles. The number of rotatable bonds is 2. The Hall–Kier alpha value is -0.600. The zero-order valence-corrected chi connectivity index (χ0v) is 12.8. The molecule has 2 heteroatoms. The minimum Gasteiger partial charge on any atom is -0.385 e. The minimum absolute atomic E-state index is 0.0779. The number of hydrogen-bond donors (Lipinski definition) is 2. The van der Waals surface area contributed by atoms with Crippen LogP contribution in [0, 0.1) is 10.8 Å². The van der Waals surface area contributed by atoms with Crippen molar-refractivity contribution in [1.29, 1.82) is 0 Å². The number of allylic oxidation sites excluding steroid dienone is 1. The highest BCUT2D eigenvalue weighted by Gasteiger charge is 2.42. The molecule has 1 aliphatic rings. The number of aliphatic hydroxyl groups is 1. The first-order valence-electron chi connectivity index (χ1n) is 6.85. The van der Waals surface area contributed by atoms with Crippen LogP contribution in [0.4, 0.5) is 0 Å². The van der Waals surface area contributed by atoms with Gasteiger partial charge in [0.15, 0.2) is 0 Å². The van der Waals surface area contributed by atoms with Gasteiger partial charge in [0.05, 0.1) is 5.60 Å². The molecule has 0 saturated heterocycles. The van der Waals surface area contributed by atoms with Gasteiger partial charge in [0.25, 0.3) is 0 Å². The maximum atomic E-state index is 10.9. The molecule has 1 atom stereocenters. The van der Waals surface area contributed by atoms with E-state index in [1.807, 2.05) is 6.08 Å². The highest BCUT2D eigenvalue weighted by Crippen LogP contribution is 2.45. The Balaban J connectivity index is 3.18. The first-order valence-corrected chi connectivity index (χ1v) is 6.85. The molecule has 0 spiro atoms. The van der Waals surface area contributed by atoms with E-state index in [0.29, 0.717) is 13.0 Å². The molecule has 1 rings (SSSR count). The van der Waals surface area contributed by atoms with Crippen LogP contribution in [0.25, 0.3) is 0 Å². The van der Waals surface area contributed by atoms with Crippen LogP contribution in [-0.4, -0.2) is 17.3 Å². The van der Waals surface area contributed by atoms with Gasteiger partial charge < -0.3 is 10.8 Å². The SMILES string of the molecule is CC(C)(C)C1=C(CCN)C=CC(O)(C(C)(C)C)C1. The Morgan fingerprint density at radius 3 is 2.17 bits per heavy atom. The number of hydrogen-bond acceptors (Lipinski definition) is 2. The normalized spacial score (nSPS) is 25.8. The van der Waals surface area contributed by atoms with E-state index in [1.54, 1.807) is 0 Å². The van der Waals surface area contributed by atoms with E-state index in [4.69, 9.17) is 5.73 Å². The van der Waals surface area contributed by atoms with Gasteiger partial charge in [-0.1, -0.05) is 59.3 Å². The van der Waals surface area contributed by atoms with Crippen molar-refractivity contribution < 1.29 is 5.11 Å². The third kappa shape index (κ3) is 3.04. The van der Waals surface area contributed by atoms with Gasteiger partial charge in [-0.05, 0) is 29.4 Å². The van der Waals surface area contributed by atoms with Gasteiger partial charge in [0.2, 0.25) is 0 Å². The van der Waals surface area contributed by atoms with Crippen LogP contribution in [0.5, 0.6) is 0 Å². The molecule has 3 N–H and O–H groups in total. The quantitative estimate of drug-likeness (QED) is 0.790. The van der Waals surface area contributed by atoms with Crippen molar-refractivity contribution in [2.24, 2.45) is 16.6 Å². The zero-order chi connectivity index (χ0) is 14.2. The van der Waals surface area contributed by atoms with E-state index in [9.17, 15) is 5.11 Å². The maximum Gasteiger partial charge on any atom is 0.0916 e. The van der Waals surface area contributed by atoms with Crippen LogP contribution in [-0.2, 0) is 0 Å². The third-order valence-electron chi connectivity index (χ3n) is 4.01. The lowest BCUT2D eigenvalue weighted by atomic mass is 9.65. The lowest BCUT2D eigenvalue weighted by Gasteiger charge is -2.44. The summed E-state index contributed by atoms with van der Waals surface area (Å²) in [7, 11) is 0. The molecule has 104 valence electrons. The van der Waals surface area contributed by atoms with E-state index in [-0.39, 0.29) is 10.8 Å². The van der Waals surface area contributed by atoms with E-state index in [0.717, 1.165) is 6.42 Å². The minimum atomic E-state index is -0.756. The summed E-state index contributed by atoms with van der Waals surface area (Å²) in [6.45, 7) is 13.6. The van der Waals surface area contributed by atoms with E-state index in [1.165, 1.54) is 11.1 Å². The predicted octanol–water partition coefficient (Wildman–Crippen LogP) is 3.42. The fourth-order valence-corrected chi connectivity index (χ4v) is 2.43. The summed E-state index contributed by atoms with van der Waals surface area (Å²) in [5.41, 5.74) is 7.50. The monoisotopic (exact) mass is 251 g/mol. The van der Waals surface area contributed by atoms with Gasteiger partial charge in [-0.25, -0.2) is 0 Å². The van der Waals surface area contributed by atoms with Gasteiger partial charge >= 0.3 is 0 Å². The van der Waals surface area contributed by atoms with Gasteiger partial charge in [0.1, 0.15) is 0 Å². The van der Waals surface area contributed by atoms with Crippen molar-refractivity contribution >= 4 is 0 Å². The second-order valence-corrected chi connectivity index (χ2v) is 7.48. The van der Waals surface area contributed by atoms with Crippen molar-refractivity contribution in [1.82, 2.24) is 0 Å². The molecule has 1 aliphatic carbocycles. The summed E-state index contributed by atoms with van der Waals surface area (Å²) in [5, 5.41) is 10.9. The Bertz CT molecular complexity index is 366. The van der Waals surface area contributed by atoms with Crippen LogP contribution < -0.4 is 5.73 Å². The molecule has 0 fully saturated rings. The van der Waals surface area contributed by atoms with Crippen molar-refractivity contribution in [2.75, 3.05) is 6.54 Å². The first kappa shape index (κ1) is 15.5. The lowest BCUT2D eigenvalue weighted by molar-refractivity contribution is -0.0179. The molecular weight excluding hydrogens is 222 g/mol. The smallest absolute Gasteiger partial charge is 0.0916 e. The van der Waals surface area contributed by atoms with Gasteiger partial charge in [-0.3, -0.25) is 0 Å². The molecule has 0 radical (unpaired) electrons. The second kappa shape index (κ2) is 4.82. The predicted molar refractivity (Wildman–Crippen MR) is 78.3 cm³/mol. The Morgan fingerprint density at radius 1 is 1.22 bits per heavy atom. The molecular formula is C16H29NO. The van der Waals surface area contributed by atoms with E-state index in [2.05, 4.69) is 47.6 Å². The van der Waals surface area contributed by atoms with Crippen LogP contribution in [0.15, 0.2) is 23.3 Å². The van der Waals surface area contributed by atoms with Crippen LogP contribution in [0.3, 0.4) is 0 Å². The summed E-state index contributed by atoms with van der Waals surface area (Å²) in [6, 6.07) is 0. The zero-order valence-electron chi connectivity index (χ0n) is 12.8. The molecule has 0 aromatic rings. The molecule has 0 heterocycles. The molecule has 1 unspecified atom stereocenters. The van der Waals surface area contributed by atoms with Crippen molar-refractivity contribution in [3.63, 3.8) is 0 Å². The topological polar surface area (TPSA) is 46.2 Å².